The molecule has 3 aliphatic carbocycles. The summed E-state index contributed by atoms with van der Waals surface area (Å²) < 4.78 is 11.0. The predicted octanol–water partition coefficient (Wildman–Crippen LogP) is 1.99. The van der Waals surface area contributed by atoms with Crippen LogP contribution < -0.4 is 10.1 Å². The van der Waals surface area contributed by atoms with Crippen molar-refractivity contribution >= 4 is 17.7 Å². The molecule has 1 amide bonds. The highest BCUT2D eigenvalue weighted by molar-refractivity contribution is 5.91. The Bertz CT molecular complexity index is 1070. The normalized spacial score (nSPS) is 33.1. The summed E-state index contributed by atoms with van der Waals surface area (Å²) in [6.45, 7) is 1.86. The van der Waals surface area contributed by atoms with Gasteiger partial charge in [-0.25, -0.2) is 0 Å². The smallest absolute Gasteiger partial charge is 0.305 e. The van der Waals surface area contributed by atoms with E-state index in [1.165, 1.54) is 20.0 Å². The van der Waals surface area contributed by atoms with Gasteiger partial charge in [0, 0.05) is 37.4 Å². The third-order valence-electron chi connectivity index (χ3n) is 8.99. The number of ether oxygens (including phenoxy) is 2. The second kappa shape index (κ2) is 7.70. The summed E-state index contributed by atoms with van der Waals surface area (Å²) in [5.74, 6) is 0.819. The van der Waals surface area contributed by atoms with Crippen molar-refractivity contribution < 1.29 is 29.0 Å². The van der Waals surface area contributed by atoms with Crippen molar-refractivity contribution in [3.05, 3.63) is 23.3 Å². The van der Waals surface area contributed by atoms with Crippen LogP contribution in [0, 0.1) is 5.92 Å². The van der Waals surface area contributed by atoms with Crippen LogP contribution in [0.25, 0.3) is 0 Å². The molecule has 1 aromatic carbocycles. The lowest BCUT2D eigenvalue weighted by atomic mass is 9.47. The van der Waals surface area contributed by atoms with Gasteiger partial charge >= 0.3 is 5.97 Å². The third kappa shape index (κ3) is 2.96. The van der Waals surface area contributed by atoms with Gasteiger partial charge < -0.3 is 19.9 Å². The highest BCUT2D eigenvalue weighted by atomic mass is 16.5. The first kappa shape index (κ1) is 21.9. The summed E-state index contributed by atoms with van der Waals surface area (Å²) in [7, 11) is 1.35. The van der Waals surface area contributed by atoms with E-state index in [1.54, 1.807) is 6.07 Å². The van der Waals surface area contributed by atoms with E-state index >= 15 is 0 Å². The summed E-state index contributed by atoms with van der Waals surface area (Å²) in [6.07, 6.45) is 5.01. The molecule has 1 aromatic rings. The molecule has 1 unspecified atom stereocenters. The van der Waals surface area contributed by atoms with Gasteiger partial charge in [-0.1, -0.05) is 6.07 Å². The van der Waals surface area contributed by atoms with Crippen molar-refractivity contribution in [1.29, 1.82) is 0 Å². The molecule has 0 aromatic heterocycles. The number of nitrogens with one attached hydrogen (secondary N) is 1. The number of amides is 1. The van der Waals surface area contributed by atoms with Gasteiger partial charge in [-0.15, -0.1) is 0 Å². The van der Waals surface area contributed by atoms with Gasteiger partial charge in [0.2, 0.25) is 5.91 Å². The number of rotatable bonds is 7. The number of benzene rings is 1. The maximum atomic E-state index is 13.3. The van der Waals surface area contributed by atoms with E-state index in [1.807, 2.05) is 6.07 Å². The van der Waals surface area contributed by atoms with Crippen molar-refractivity contribution in [2.75, 3.05) is 20.2 Å². The van der Waals surface area contributed by atoms with Crippen molar-refractivity contribution in [3.8, 4) is 11.5 Å². The van der Waals surface area contributed by atoms with E-state index in [2.05, 4.69) is 10.2 Å². The zero-order valence-electron chi connectivity index (χ0n) is 19.6. The molecule has 1 saturated heterocycles. The molecular weight excluding hydrogens is 436 g/mol. The van der Waals surface area contributed by atoms with E-state index in [0.29, 0.717) is 37.4 Å². The van der Waals surface area contributed by atoms with Crippen LogP contribution in [0.1, 0.15) is 62.5 Å². The second-order valence-electron chi connectivity index (χ2n) is 10.7. The fourth-order valence-electron chi connectivity index (χ4n) is 7.37. The molecule has 3 fully saturated rings. The van der Waals surface area contributed by atoms with Gasteiger partial charge in [0.1, 0.15) is 0 Å². The fourth-order valence-corrected chi connectivity index (χ4v) is 7.37. The molecule has 182 valence electrons. The number of likely N-dealkylation sites (tertiary alicyclic amines) is 1. The van der Waals surface area contributed by atoms with Crippen LogP contribution in [0.2, 0.25) is 0 Å². The maximum absolute atomic E-state index is 13.3. The summed E-state index contributed by atoms with van der Waals surface area (Å²) in [5, 5.41) is 14.1. The third-order valence-corrected chi connectivity index (χ3v) is 8.99. The number of methoxy groups -OCH3 is 1. The first-order valence-electron chi connectivity index (χ1n) is 12.6. The van der Waals surface area contributed by atoms with E-state index in [4.69, 9.17) is 9.47 Å². The Hall–Kier alpha value is -2.61. The quantitative estimate of drug-likeness (QED) is 0.590. The lowest BCUT2D eigenvalue weighted by molar-refractivity contribution is -0.150. The van der Waals surface area contributed by atoms with Gasteiger partial charge in [0.05, 0.1) is 18.1 Å². The molecule has 1 spiro atoms. The number of nitrogens with zero attached hydrogens (tertiary/aromatic N) is 1. The highest BCUT2D eigenvalue weighted by Gasteiger charge is 2.73. The van der Waals surface area contributed by atoms with Crippen LogP contribution in [-0.2, 0) is 31.0 Å². The van der Waals surface area contributed by atoms with Gasteiger partial charge in [-0.05, 0) is 62.6 Å². The largest absolute Gasteiger partial charge is 0.504 e. The number of ketones is 1. The zero-order valence-corrected chi connectivity index (χ0v) is 19.6. The monoisotopic (exact) mass is 468 g/mol. The van der Waals surface area contributed by atoms with E-state index in [-0.39, 0.29) is 42.3 Å². The fraction of sp³-hybridized carbons (Fsp3) is 0.654. The molecule has 8 nitrogen and oxygen atoms in total. The second-order valence-corrected chi connectivity index (χ2v) is 10.7. The number of hydrogen-bond donors (Lipinski definition) is 2. The lowest BCUT2D eigenvalue weighted by Crippen LogP contribution is -2.81. The summed E-state index contributed by atoms with van der Waals surface area (Å²) in [4.78, 5) is 40.6. The van der Waals surface area contributed by atoms with Crippen molar-refractivity contribution in [1.82, 2.24) is 10.2 Å². The molecular formula is C26H32N2O6. The van der Waals surface area contributed by atoms with Gasteiger partial charge in [0.15, 0.2) is 23.4 Å². The number of phenols is 1. The van der Waals surface area contributed by atoms with Crippen LogP contribution in [0.3, 0.4) is 0 Å². The van der Waals surface area contributed by atoms with E-state index in [0.717, 1.165) is 30.6 Å². The Morgan fingerprint density at radius 2 is 2.09 bits per heavy atom. The van der Waals surface area contributed by atoms with Crippen LogP contribution in [-0.4, -0.2) is 65.6 Å². The highest BCUT2D eigenvalue weighted by Crippen LogP contribution is 2.65. The molecule has 2 aliphatic heterocycles. The van der Waals surface area contributed by atoms with Gasteiger partial charge in [0.25, 0.3) is 0 Å². The molecule has 4 atom stereocenters. The average Bonchev–Trinajstić information content (AvgIpc) is 3.56. The lowest BCUT2D eigenvalue weighted by Gasteiger charge is -2.65. The molecule has 8 heteroatoms. The predicted molar refractivity (Wildman–Crippen MR) is 122 cm³/mol. The molecule has 5 aliphatic rings. The van der Waals surface area contributed by atoms with E-state index in [9.17, 15) is 19.5 Å². The first-order valence-corrected chi connectivity index (χ1v) is 12.6. The Labute approximate surface area is 199 Å². The standard InChI is InChI=1S/C26H32N2O6/c1-33-21(32)4-2-3-20(31)27-26-10-9-18(30)24-25(26)11-12-28(14-15-5-6-15)19(26)13-16-7-8-17(29)23(34-24)22(16)25/h7-8,15,19,24,29H,2-6,9-14H2,1H3,(H,27,31)/t19-,24?,25+,26-/m1/s1. The summed E-state index contributed by atoms with van der Waals surface area (Å²) in [6, 6.07) is 3.70. The Morgan fingerprint density at radius 3 is 2.85 bits per heavy atom. The Kier molecular flexibility index (Phi) is 4.96. The number of hydrogen-bond acceptors (Lipinski definition) is 7. The number of aromatic hydroxyl groups is 1. The van der Waals surface area contributed by atoms with Gasteiger partial charge in [-0.2, -0.15) is 0 Å². The van der Waals surface area contributed by atoms with Crippen LogP contribution >= 0.6 is 0 Å². The van der Waals surface area contributed by atoms with Crippen molar-refractivity contribution in [2.45, 2.75) is 80.9 Å². The Morgan fingerprint density at radius 1 is 1.26 bits per heavy atom. The summed E-state index contributed by atoms with van der Waals surface area (Å²) >= 11 is 0. The minimum Gasteiger partial charge on any atom is -0.504 e. The SMILES string of the molecule is COC(=O)CCCC(=O)N[C@@]12CCC(=O)C3Oc4c(O)ccc5c4[C@@]31CCN(CC1CC1)[C@@H]2C5. The maximum Gasteiger partial charge on any atom is 0.305 e. The number of carbonyl (C=O) groups excluding carboxylic acids is 3. The van der Waals surface area contributed by atoms with Gasteiger partial charge in [-0.3, -0.25) is 19.3 Å². The molecule has 2 saturated carbocycles. The number of piperidine rings is 1. The van der Waals surface area contributed by atoms with E-state index < -0.39 is 17.1 Å². The molecule has 0 radical (unpaired) electrons. The average molecular weight is 469 g/mol. The molecule has 2 N–H and O–H groups in total. The van der Waals surface area contributed by atoms with Crippen LogP contribution in [0.5, 0.6) is 11.5 Å². The number of carbonyl (C=O) groups is 3. The molecule has 6 rings (SSSR count). The number of Topliss-reactive ketones (excluding diaryl/α,β-unsaturated/α-hetero) is 1. The number of phenolic OH excluding ortho intramolecular Hbond substituents is 1. The van der Waals surface area contributed by atoms with Crippen molar-refractivity contribution in [2.24, 2.45) is 5.92 Å². The van der Waals surface area contributed by atoms with Crippen molar-refractivity contribution in [3.63, 3.8) is 0 Å². The minimum absolute atomic E-state index is 0.0495. The van der Waals surface area contributed by atoms with Crippen LogP contribution in [0.4, 0.5) is 0 Å². The number of esters is 1. The summed E-state index contributed by atoms with van der Waals surface area (Å²) in [5.41, 5.74) is 0.730. The zero-order chi connectivity index (χ0) is 23.7. The minimum atomic E-state index is -0.690. The molecule has 2 bridgehead atoms. The van der Waals surface area contributed by atoms with Crippen LogP contribution in [0.15, 0.2) is 12.1 Å². The Balaban J connectivity index is 1.42. The molecule has 34 heavy (non-hydrogen) atoms. The topological polar surface area (TPSA) is 105 Å². The first-order chi connectivity index (χ1) is 16.4. The molecule has 2 heterocycles.